The molecule has 0 aromatic carbocycles. The van der Waals surface area contributed by atoms with Gasteiger partial charge in [-0.1, -0.05) is 19.4 Å². The van der Waals surface area contributed by atoms with Crippen molar-refractivity contribution in [1.29, 1.82) is 0 Å². The Bertz CT molecular complexity index is 384. The Hall–Kier alpha value is -1.29. The summed E-state index contributed by atoms with van der Waals surface area (Å²) in [5.41, 5.74) is 2.25. The van der Waals surface area contributed by atoms with Crippen LogP contribution in [0.25, 0.3) is 5.57 Å². The van der Waals surface area contributed by atoms with Crippen molar-refractivity contribution < 1.29 is 4.74 Å². The SMILES string of the molecule is CCCCOc1c[nH]nc1C1=CCCN(C)C1. The van der Waals surface area contributed by atoms with Crippen LogP contribution in [-0.4, -0.2) is 41.8 Å². The molecule has 4 heteroatoms. The second-order valence-electron chi connectivity index (χ2n) is 4.56. The number of hydrogen-bond acceptors (Lipinski definition) is 3. The number of aromatic nitrogens is 2. The standard InChI is InChI=1S/C13H21N3O/c1-3-4-8-17-12-9-14-15-13(12)11-6-5-7-16(2)10-11/h6,9H,3-5,7-8,10H2,1-2H3,(H,14,15). The molecule has 94 valence electrons. The van der Waals surface area contributed by atoms with Crippen molar-refractivity contribution in [1.82, 2.24) is 15.1 Å². The van der Waals surface area contributed by atoms with Gasteiger partial charge in [0.15, 0.2) is 5.75 Å². The lowest BCUT2D eigenvalue weighted by atomic mass is 10.1. The van der Waals surface area contributed by atoms with E-state index in [1.807, 2.05) is 6.20 Å². The summed E-state index contributed by atoms with van der Waals surface area (Å²) >= 11 is 0. The Morgan fingerprint density at radius 3 is 3.18 bits per heavy atom. The van der Waals surface area contributed by atoms with Crippen LogP contribution in [0, 0.1) is 0 Å². The maximum Gasteiger partial charge on any atom is 0.164 e. The number of ether oxygens (including phenoxy) is 1. The predicted octanol–water partition coefficient (Wildman–Crippen LogP) is 2.31. The Kier molecular flexibility index (Phi) is 4.20. The summed E-state index contributed by atoms with van der Waals surface area (Å²) in [7, 11) is 2.14. The molecule has 1 N–H and O–H groups in total. The molecule has 0 aliphatic carbocycles. The maximum absolute atomic E-state index is 5.75. The molecule has 0 spiro atoms. The van der Waals surface area contributed by atoms with Crippen molar-refractivity contribution in [2.24, 2.45) is 0 Å². The van der Waals surface area contributed by atoms with E-state index in [1.54, 1.807) is 0 Å². The van der Waals surface area contributed by atoms with E-state index >= 15 is 0 Å². The topological polar surface area (TPSA) is 41.1 Å². The highest BCUT2D eigenvalue weighted by molar-refractivity contribution is 5.69. The number of aromatic amines is 1. The number of unbranched alkanes of at least 4 members (excludes halogenated alkanes) is 1. The van der Waals surface area contributed by atoms with Gasteiger partial charge in [-0.2, -0.15) is 5.10 Å². The minimum absolute atomic E-state index is 0.770. The summed E-state index contributed by atoms with van der Waals surface area (Å²) < 4.78 is 5.75. The van der Waals surface area contributed by atoms with Crippen LogP contribution in [0.15, 0.2) is 12.3 Å². The molecule has 1 aromatic rings. The van der Waals surface area contributed by atoms with E-state index < -0.39 is 0 Å². The average molecular weight is 235 g/mol. The van der Waals surface area contributed by atoms with Crippen molar-refractivity contribution in [3.8, 4) is 5.75 Å². The molecular formula is C13H21N3O. The molecule has 1 aliphatic rings. The fourth-order valence-electron chi connectivity index (χ4n) is 2.01. The normalized spacial score (nSPS) is 16.9. The first-order chi connectivity index (χ1) is 8.31. The molecule has 0 saturated carbocycles. The molecule has 0 atom stereocenters. The molecule has 0 saturated heterocycles. The number of rotatable bonds is 5. The zero-order valence-corrected chi connectivity index (χ0v) is 10.7. The van der Waals surface area contributed by atoms with E-state index in [2.05, 4.69) is 35.1 Å². The second kappa shape index (κ2) is 5.87. The maximum atomic E-state index is 5.75. The molecule has 0 unspecified atom stereocenters. The van der Waals surface area contributed by atoms with E-state index in [4.69, 9.17) is 4.74 Å². The monoisotopic (exact) mass is 235 g/mol. The van der Waals surface area contributed by atoms with Gasteiger partial charge >= 0.3 is 0 Å². The molecule has 0 amide bonds. The fraction of sp³-hybridized carbons (Fsp3) is 0.615. The lowest BCUT2D eigenvalue weighted by Crippen LogP contribution is -2.25. The highest BCUT2D eigenvalue weighted by Crippen LogP contribution is 2.26. The van der Waals surface area contributed by atoms with Gasteiger partial charge in [0.1, 0.15) is 5.69 Å². The molecule has 0 bridgehead atoms. The van der Waals surface area contributed by atoms with Crippen LogP contribution < -0.4 is 4.74 Å². The third-order valence-electron chi connectivity index (χ3n) is 3.01. The molecule has 1 aliphatic heterocycles. The first-order valence-electron chi connectivity index (χ1n) is 6.35. The number of likely N-dealkylation sites (N-methyl/N-ethyl adjacent to an activating group) is 1. The van der Waals surface area contributed by atoms with Gasteiger partial charge in [-0.25, -0.2) is 0 Å². The number of hydrogen-bond donors (Lipinski definition) is 1. The Morgan fingerprint density at radius 2 is 2.41 bits per heavy atom. The summed E-state index contributed by atoms with van der Waals surface area (Å²) in [6.07, 6.45) is 7.44. The van der Waals surface area contributed by atoms with Gasteiger partial charge in [0.2, 0.25) is 0 Å². The van der Waals surface area contributed by atoms with E-state index in [9.17, 15) is 0 Å². The Balaban J connectivity index is 2.05. The Morgan fingerprint density at radius 1 is 1.53 bits per heavy atom. The Labute approximate surface area is 103 Å². The van der Waals surface area contributed by atoms with Crippen molar-refractivity contribution in [3.05, 3.63) is 18.0 Å². The van der Waals surface area contributed by atoms with Gasteiger partial charge in [0, 0.05) is 13.1 Å². The molecule has 17 heavy (non-hydrogen) atoms. The van der Waals surface area contributed by atoms with Crippen LogP contribution in [0.4, 0.5) is 0 Å². The smallest absolute Gasteiger partial charge is 0.164 e. The number of H-pyrrole nitrogens is 1. The third kappa shape index (κ3) is 3.09. The van der Waals surface area contributed by atoms with Gasteiger partial charge in [0.25, 0.3) is 0 Å². The molecule has 2 rings (SSSR count). The molecule has 1 aromatic heterocycles. The fourth-order valence-corrected chi connectivity index (χ4v) is 2.01. The first-order valence-corrected chi connectivity index (χ1v) is 6.35. The minimum atomic E-state index is 0.770. The van der Waals surface area contributed by atoms with Crippen LogP contribution in [0.3, 0.4) is 0 Å². The highest BCUT2D eigenvalue weighted by Gasteiger charge is 2.16. The van der Waals surface area contributed by atoms with Gasteiger partial charge in [-0.15, -0.1) is 0 Å². The summed E-state index contributed by atoms with van der Waals surface area (Å²) in [5, 5.41) is 7.21. The summed E-state index contributed by atoms with van der Waals surface area (Å²) in [6.45, 7) is 5.01. The van der Waals surface area contributed by atoms with Gasteiger partial charge in [-0.05, 0) is 25.5 Å². The molecule has 4 nitrogen and oxygen atoms in total. The van der Waals surface area contributed by atoms with E-state index in [-0.39, 0.29) is 0 Å². The van der Waals surface area contributed by atoms with Gasteiger partial charge in [-0.3, -0.25) is 5.10 Å². The van der Waals surface area contributed by atoms with E-state index in [0.29, 0.717) is 0 Å². The van der Waals surface area contributed by atoms with Gasteiger partial charge < -0.3 is 9.64 Å². The molecular weight excluding hydrogens is 214 g/mol. The lowest BCUT2D eigenvalue weighted by molar-refractivity contribution is 0.307. The third-order valence-corrected chi connectivity index (χ3v) is 3.01. The quantitative estimate of drug-likeness (QED) is 0.796. The predicted molar refractivity (Wildman–Crippen MR) is 69.1 cm³/mol. The molecule has 0 radical (unpaired) electrons. The zero-order valence-electron chi connectivity index (χ0n) is 10.7. The number of nitrogens with zero attached hydrogens (tertiary/aromatic N) is 2. The van der Waals surface area contributed by atoms with Crippen LogP contribution in [-0.2, 0) is 0 Å². The zero-order chi connectivity index (χ0) is 12.1. The van der Waals surface area contributed by atoms with E-state index in [1.165, 1.54) is 5.57 Å². The summed E-state index contributed by atoms with van der Waals surface area (Å²) in [4.78, 5) is 2.31. The van der Waals surface area contributed by atoms with Crippen molar-refractivity contribution in [3.63, 3.8) is 0 Å². The van der Waals surface area contributed by atoms with E-state index in [0.717, 1.165) is 50.4 Å². The lowest BCUT2D eigenvalue weighted by Gasteiger charge is -2.22. The van der Waals surface area contributed by atoms with Crippen LogP contribution in [0.5, 0.6) is 5.75 Å². The average Bonchev–Trinajstić information content (AvgIpc) is 2.78. The summed E-state index contributed by atoms with van der Waals surface area (Å²) in [6, 6.07) is 0. The van der Waals surface area contributed by atoms with Crippen LogP contribution in [0.2, 0.25) is 0 Å². The van der Waals surface area contributed by atoms with Crippen LogP contribution in [0.1, 0.15) is 31.9 Å². The molecule has 2 heterocycles. The van der Waals surface area contributed by atoms with Crippen LogP contribution >= 0.6 is 0 Å². The van der Waals surface area contributed by atoms with Gasteiger partial charge in [0.05, 0.1) is 12.8 Å². The number of nitrogens with one attached hydrogen (secondary N) is 1. The molecule has 0 fully saturated rings. The van der Waals surface area contributed by atoms with Crippen molar-refractivity contribution in [2.45, 2.75) is 26.2 Å². The summed E-state index contributed by atoms with van der Waals surface area (Å²) in [5.74, 6) is 0.889. The van der Waals surface area contributed by atoms with Crippen molar-refractivity contribution >= 4 is 5.57 Å². The van der Waals surface area contributed by atoms with Crippen molar-refractivity contribution in [2.75, 3.05) is 26.7 Å². The second-order valence-corrected chi connectivity index (χ2v) is 4.56. The first kappa shape index (κ1) is 12.2. The highest BCUT2D eigenvalue weighted by atomic mass is 16.5. The largest absolute Gasteiger partial charge is 0.490 e. The minimum Gasteiger partial charge on any atom is -0.490 e.